The fraction of sp³-hybridized carbons (Fsp3) is 0. The zero-order valence-corrected chi connectivity index (χ0v) is 11.7. The second kappa shape index (κ2) is 3.68. The van der Waals surface area contributed by atoms with Gasteiger partial charge in [-0.25, -0.2) is 0 Å². The van der Waals surface area contributed by atoms with Crippen molar-refractivity contribution in [2.45, 2.75) is 0 Å². The molecule has 0 fully saturated rings. The van der Waals surface area contributed by atoms with Gasteiger partial charge in [0.15, 0.2) is 0 Å². The van der Waals surface area contributed by atoms with Crippen LogP contribution in [0, 0.1) is 11.3 Å². The Kier molecular flexibility index (Phi) is 2.82. The number of carboxylic acids is 1. The summed E-state index contributed by atoms with van der Waals surface area (Å²) in [5.41, 5.74) is 0.443. The third-order valence-corrected chi connectivity index (χ3v) is 3.78. The van der Waals surface area contributed by atoms with Gasteiger partial charge in [-0.15, -0.1) is 0 Å². The molecule has 1 N–H and O–H groups in total. The van der Waals surface area contributed by atoms with Crippen molar-refractivity contribution in [3.8, 4) is 6.07 Å². The molecule has 55 valence electrons. The Morgan fingerprint density at radius 3 is 2.67 bits per heavy atom. The van der Waals surface area contributed by atoms with E-state index in [0.717, 1.165) is 3.07 Å². The summed E-state index contributed by atoms with van der Waals surface area (Å²) in [4.78, 5) is 10.6. The molecule has 0 bridgehead atoms. The van der Waals surface area contributed by atoms with E-state index in [1.54, 1.807) is 12.1 Å². The van der Waals surface area contributed by atoms with Crippen LogP contribution in [0.1, 0.15) is 15.9 Å². The first-order chi connectivity index (χ1) is 5.66. The summed E-state index contributed by atoms with van der Waals surface area (Å²) in [6.07, 6.45) is 0. The number of aromatic carboxylic acids is 1. The molecule has 0 saturated carbocycles. The van der Waals surface area contributed by atoms with Crippen LogP contribution in [-0.2, 0) is 26.1 Å². The molecule has 3 nitrogen and oxygen atoms in total. The maximum absolute atomic E-state index is 10.6. The summed E-state index contributed by atoms with van der Waals surface area (Å²) < 4.78 is 0.886. The van der Waals surface area contributed by atoms with Gasteiger partial charge in [0.1, 0.15) is 0 Å². The number of hydrogen-bond donors (Lipinski definition) is 1. The molecule has 0 saturated heterocycles. The van der Waals surface area contributed by atoms with Gasteiger partial charge in [0.25, 0.3) is 0 Å². The third kappa shape index (κ3) is 1.64. The van der Waals surface area contributed by atoms with Crippen LogP contribution in [0.4, 0.5) is 0 Å². The van der Waals surface area contributed by atoms with Crippen LogP contribution < -0.4 is 3.07 Å². The van der Waals surface area contributed by atoms with E-state index in [1.165, 1.54) is 6.07 Å². The number of carbonyl (C=O) groups is 1. The maximum atomic E-state index is 10.6. The second-order valence-corrected chi connectivity index (χ2v) is 5.22. The first-order valence-corrected chi connectivity index (χ1v) is 6.00. The Bertz CT molecular complexity index is 368. The molecule has 0 spiro atoms. The van der Waals surface area contributed by atoms with E-state index < -0.39 is 5.97 Å². The first kappa shape index (κ1) is 9.21. The van der Waals surface area contributed by atoms with E-state index in [9.17, 15) is 4.79 Å². The van der Waals surface area contributed by atoms with Crippen LogP contribution in [0.2, 0.25) is 0 Å². The SMILES string of the molecule is N#Cc1[c]([Hg])cccc1C(=O)O. The zero-order chi connectivity index (χ0) is 9.14. The predicted molar refractivity (Wildman–Crippen MR) is 37.8 cm³/mol. The molecule has 0 amide bonds. The Morgan fingerprint density at radius 1 is 1.58 bits per heavy atom. The van der Waals surface area contributed by atoms with Gasteiger partial charge in [-0.1, -0.05) is 0 Å². The van der Waals surface area contributed by atoms with E-state index in [1.807, 2.05) is 6.07 Å². The number of benzene rings is 1. The van der Waals surface area contributed by atoms with Crippen molar-refractivity contribution in [2.75, 3.05) is 0 Å². The molecule has 0 aliphatic rings. The zero-order valence-electron chi connectivity index (χ0n) is 6.24. The molecule has 12 heavy (non-hydrogen) atoms. The molecular weight excluding hydrogens is 343 g/mol. The van der Waals surface area contributed by atoms with Gasteiger partial charge in [0.2, 0.25) is 0 Å². The predicted octanol–water partition coefficient (Wildman–Crippen LogP) is 0.429. The summed E-state index contributed by atoms with van der Waals surface area (Å²) in [5.74, 6) is -1.03. The monoisotopic (exact) mass is 348 g/mol. The van der Waals surface area contributed by atoms with Crippen molar-refractivity contribution >= 4 is 9.04 Å². The third-order valence-electron chi connectivity index (χ3n) is 1.49. The van der Waals surface area contributed by atoms with Gasteiger partial charge in [0.05, 0.1) is 0 Å². The van der Waals surface area contributed by atoms with Crippen LogP contribution in [0.3, 0.4) is 0 Å². The van der Waals surface area contributed by atoms with E-state index >= 15 is 0 Å². The molecule has 0 aliphatic heterocycles. The molecule has 1 rings (SSSR count). The van der Waals surface area contributed by atoms with Gasteiger partial charge >= 0.3 is 85.7 Å². The molecule has 1 aromatic carbocycles. The second-order valence-electron chi connectivity index (χ2n) is 2.26. The fourth-order valence-electron chi connectivity index (χ4n) is 0.910. The van der Waals surface area contributed by atoms with Crippen LogP contribution >= 0.6 is 0 Å². The van der Waals surface area contributed by atoms with Crippen molar-refractivity contribution in [1.29, 1.82) is 5.26 Å². The Morgan fingerprint density at radius 2 is 2.25 bits per heavy atom. The summed E-state index contributed by atoms with van der Waals surface area (Å²) in [6, 6.07) is 6.84. The van der Waals surface area contributed by atoms with Crippen LogP contribution in [0.15, 0.2) is 18.2 Å². The molecule has 4 heteroatoms. The molecule has 0 atom stereocenters. The van der Waals surface area contributed by atoms with Crippen LogP contribution in [0.25, 0.3) is 0 Å². The summed E-state index contributed by atoms with van der Waals surface area (Å²) >= 11 is 0.286. The van der Waals surface area contributed by atoms with Crippen molar-refractivity contribution in [2.24, 2.45) is 0 Å². The average Bonchev–Trinajstić information content (AvgIpc) is 2.03. The summed E-state index contributed by atoms with van der Waals surface area (Å²) in [7, 11) is 0. The number of nitriles is 1. The number of hydrogen-bond acceptors (Lipinski definition) is 2. The van der Waals surface area contributed by atoms with Crippen LogP contribution in [0.5, 0.6) is 0 Å². The fourth-order valence-corrected chi connectivity index (χ4v) is 2.49. The van der Waals surface area contributed by atoms with Crippen molar-refractivity contribution < 1.29 is 36.0 Å². The molecule has 0 aliphatic carbocycles. The first-order valence-electron chi connectivity index (χ1n) is 3.25. The standard InChI is InChI=1S/C8H4NO2.Hg/c9-5-6-3-1-2-4-7(6)8(10)11;/h1-2,4H,(H,10,11);. The summed E-state index contributed by atoms with van der Waals surface area (Å²) in [5, 5.41) is 17.4. The molecular formula is C8H4HgNO2. The number of nitrogens with zero attached hydrogens (tertiary/aromatic N) is 1. The summed E-state index contributed by atoms with van der Waals surface area (Å²) in [6.45, 7) is 0. The van der Waals surface area contributed by atoms with Crippen molar-refractivity contribution in [3.63, 3.8) is 0 Å². The number of rotatable bonds is 1. The number of carboxylic acid groups (broad SMARTS) is 1. The van der Waals surface area contributed by atoms with Crippen molar-refractivity contribution in [3.05, 3.63) is 29.3 Å². The van der Waals surface area contributed by atoms with Gasteiger partial charge in [-0.2, -0.15) is 0 Å². The normalized spacial score (nSPS) is 9.08. The Hall–Kier alpha value is -0.885. The molecule has 0 unspecified atom stereocenters. The van der Waals surface area contributed by atoms with E-state index in [2.05, 4.69) is 0 Å². The van der Waals surface area contributed by atoms with E-state index in [-0.39, 0.29) is 31.7 Å². The molecule has 0 radical (unpaired) electrons. The van der Waals surface area contributed by atoms with Crippen LogP contribution in [-0.4, -0.2) is 11.1 Å². The Balaban J connectivity index is 3.40. The van der Waals surface area contributed by atoms with Gasteiger partial charge < -0.3 is 0 Å². The minimum atomic E-state index is -1.03. The van der Waals surface area contributed by atoms with Crippen molar-refractivity contribution in [1.82, 2.24) is 0 Å². The Labute approximate surface area is 85.6 Å². The van der Waals surface area contributed by atoms with E-state index in [4.69, 9.17) is 10.4 Å². The minimum absolute atomic E-state index is 0.116. The average molecular weight is 347 g/mol. The quantitative estimate of drug-likeness (QED) is 0.750. The van der Waals surface area contributed by atoms with Gasteiger partial charge in [-0.3, -0.25) is 0 Å². The molecule has 0 heterocycles. The topological polar surface area (TPSA) is 61.1 Å². The van der Waals surface area contributed by atoms with E-state index in [0.29, 0.717) is 5.56 Å². The van der Waals surface area contributed by atoms with Gasteiger partial charge in [-0.05, 0) is 0 Å². The van der Waals surface area contributed by atoms with Gasteiger partial charge in [0, 0.05) is 0 Å². The molecule has 1 aromatic rings. The molecule has 0 aromatic heterocycles.